The fourth-order valence-electron chi connectivity index (χ4n) is 3.98. The van der Waals surface area contributed by atoms with E-state index in [0.29, 0.717) is 18.8 Å². The third-order valence-corrected chi connectivity index (χ3v) is 6.12. The summed E-state index contributed by atoms with van der Waals surface area (Å²) in [4.78, 5) is 42.2. The number of ketones is 1. The van der Waals surface area contributed by atoms with E-state index in [1.807, 2.05) is 11.4 Å². The van der Waals surface area contributed by atoms with Gasteiger partial charge in [0.05, 0.1) is 13.1 Å². The molecule has 0 radical (unpaired) electrons. The number of rotatable bonds is 7. The van der Waals surface area contributed by atoms with Gasteiger partial charge < -0.3 is 10.2 Å². The molecule has 3 amide bonds. The number of nitrogens with zero attached hydrogens (tertiary/aromatic N) is 3. The number of halogens is 3. The summed E-state index contributed by atoms with van der Waals surface area (Å²) >= 11 is 0. The number of para-hydroxylation sites is 1. The SMILES string of the molecule is CC(C)(C)N1CCN(C(=O)N(Cc2ccc(C(=O)CNC(=O)C(F)F)cc2F)c2ccccc2)CC1. The number of piperazine rings is 1. The fourth-order valence-corrected chi connectivity index (χ4v) is 3.98. The standard InChI is InChI=1S/C26H31F3N4O3/c1-26(2,3)32-13-11-31(12-14-32)25(36)33(20-7-5-4-6-8-20)17-19-10-9-18(15-21(19)27)22(34)16-30-24(35)23(28)29/h4-10,15,23H,11-14,16-17H2,1-3H3,(H,30,35). The van der Waals surface area contributed by atoms with Crippen molar-refractivity contribution in [3.63, 3.8) is 0 Å². The van der Waals surface area contributed by atoms with Crippen LogP contribution in [0.3, 0.4) is 0 Å². The van der Waals surface area contributed by atoms with Crippen LogP contribution in [0.5, 0.6) is 0 Å². The Hall–Kier alpha value is -3.40. The van der Waals surface area contributed by atoms with E-state index in [1.165, 1.54) is 17.0 Å². The van der Waals surface area contributed by atoms with Crippen LogP contribution in [0.1, 0.15) is 36.7 Å². The maximum Gasteiger partial charge on any atom is 0.324 e. The zero-order valence-electron chi connectivity index (χ0n) is 20.6. The van der Waals surface area contributed by atoms with Crippen molar-refractivity contribution in [3.05, 3.63) is 65.5 Å². The molecule has 0 aliphatic carbocycles. The minimum atomic E-state index is -3.24. The van der Waals surface area contributed by atoms with E-state index in [-0.39, 0.29) is 29.2 Å². The number of anilines is 1. The molecule has 2 aromatic rings. The van der Waals surface area contributed by atoms with E-state index >= 15 is 0 Å². The monoisotopic (exact) mass is 504 g/mol. The molecular weight excluding hydrogens is 473 g/mol. The number of Topliss-reactive ketones (excluding diaryl/α,β-unsaturated/α-hetero) is 1. The van der Waals surface area contributed by atoms with Crippen LogP contribution in [0.25, 0.3) is 0 Å². The fraction of sp³-hybridized carbons (Fsp3) is 0.423. The number of hydrogen-bond donors (Lipinski definition) is 1. The topological polar surface area (TPSA) is 73.0 Å². The molecule has 0 saturated carbocycles. The average Bonchev–Trinajstić information content (AvgIpc) is 2.85. The highest BCUT2D eigenvalue weighted by Gasteiger charge is 2.30. The Bertz CT molecular complexity index is 1080. The van der Waals surface area contributed by atoms with Crippen LogP contribution >= 0.6 is 0 Å². The molecule has 1 aliphatic rings. The van der Waals surface area contributed by atoms with Crippen molar-refractivity contribution >= 4 is 23.4 Å². The minimum absolute atomic E-state index is 0.00116. The molecule has 2 aromatic carbocycles. The smallest absolute Gasteiger partial charge is 0.324 e. The van der Waals surface area contributed by atoms with Crippen LogP contribution in [0.4, 0.5) is 23.7 Å². The second-order valence-electron chi connectivity index (χ2n) is 9.60. The Morgan fingerprint density at radius 1 is 1.00 bits per heavy atom. The van der Waals surface area contributed by atoms with Crippen LogP contribution in [0.15, 0.2) is 48.5 Å². The van der Waals surface area contributed by atoms with E-state index in [2.05, 4.69) is 25.7 Å². The van der Waals surface area contributed by atoms with Crippen molar-refractivity contribution in [2.75, 3.05) is 37.6 Å². The van der Waals surface area contributed by atoms with Gasteiger partial charge in [0.1, 0.15) is 5.82 Å². The average molecular weight is 505 g/mol. The van der Waals surface area contributed by atoms with Crippen LogP contribution < -0.4 is 10.2 Å². The molecular formula is C26H31F3N4O3. The van der Waals surface area contributed by atoms with E-state index in [9.17, 15) is 27.6 Å². The second-order valence-corrected chi connectivity index (χ2v) is 9.60. The van der Waals surface area contributed by atoms with Gasteiger partial charge in [-0.2, -0.15) is 8.78 Å². The summed E-state index contributed by atoms with van der Waals surface area (Å²) in [6, 6.07) is 12.4. The first kappa shape index (κ1) is 27.2. The van der Waals surface area contributed by atoms with Gasteiger partial charge in [0.25, 0.3) is 5.91 Å². The van der Waals surface area contributed by atoms with Gasteiger partial charge in [0.2, 0.25) is 0 Å². The molecule has 1 aliphatic heterocycles. The van der Waals surface area contributed by atoms with Crippen molar-refractivity contribution in [1.82, 2.24) is 15.1 Å². The predicted octanol–water partition coefficient (Wildman–Crippen LogP) is 3.93. The molecule has 194 valence electrons. The van der Waals surface area contributed by atoms with Gasteiger partial charge in [-0.25, -0.2) is 9.18 Å². The lowest BCUT2D eigenvalue weighted by atomic mass is 10.0. The zero-order chi connectivity index (χ0) is 26.5. The van der Waals surface area contributed by atoms with E-state index in [0.717, 1.165) is 19.2 Å². The molecule has 1 fully saturated rings. The van der Waals surface area contributed by atoms with Crippen LogP contribution in [0.2, 0.25) is 0 Å². The molecule has 1 saturated heterocycles. The maximum absolute atomic E-state index is 15.0. The van der Waals surface area contributed by atoms with Gasteiger partial charge in [-0.1, -0.05) is 30.3 Å². The third kappa shape index (κ3) is 6.84. The molecule has 3 rings (SSSR count). The summed E-state index contributed by atoms with van der Waals surface area (Å²) in [7, 11) is 0. The molecule has 10 heteroatoms. The Morgan fingerprint density at radius 3 is 2.19 bits per heavy atom. The quantitative estimate of drug-likeness (QED) is 0.580. The number of hydrogen-bond acceptors (Lipinski definition) is 4. The third-order valence-electron chi connectivity index (χ3n) is 6.12. The summed E-state index contributed by atoms with van der Waals surface area (Å²) in [5.41, 5.74) is 0.726. The van der Waals surface area contributed by atoms with Crippen LogP contribution in [-0.2, 0) is 11.3 Å². The lowest BCUT2D eigenvalue weighted by Crippen LogP contribution is -2.57. The van der Waals surface area contributed by atoms with Crippen LogP contribution in [0, 0.1) is 5.82 Å². The van der Waals surface area contributed by atoms with E-state index in [4.69, 9.17) is 0 Å². The first-order valence-corrected chi connectivity index (χ1v) is 11.7. The van der Waals surface area contributed by atoms with Crippen molar-refractivity contribution in [3.8, 4) is 0 Å². The zero-order valence-corrected chi connectivity index (χ0v) is 20.6. The second kappa shape index (κ2) is 11.6. The summed E-state index contributed by atoms with van der Waals surface area (Å²) < 4.78 is 39.6. The Morgan fingerprint density at radius 2 is 1.64 bits per heavy atom. The minimum Gasteiger partial charge on any atom is -0.344 e. The van der Waals surface area contributed by atoms with Crippen molar-refractivity contribution in [2.24, 2.45) is 0 Å². The van der Waals surface area contributed by atoms with Gasteiger partial charge in [-0.05, 0) is 39.0 Å². The number of carbonyl (C=O) groups excluding carboxylic acids is 3. The molecule has 7 nitrogen and oxygen atoms in total. The first-order chi connectivity index (χ1) is 17.0. The van der Waals surface area contributed by atoms with Gasteiger partial charge in [0, 0.05) is 48.5 Å². The molecule has 36 heavy (non-hydrogen) atoms. The summed E-state index contributed by atoms with van der Waals surface area (Å²) in [6.45, 7) is 8.19. The molecule has 0 atom stereocenters. The number of urea groups is 1. The maximum atomic E-state index is 15.0. The van der Waals surface area contributed by atoms with Gasteiger partial charge >= 0.3 is 12.5 Å². The highest BCUT2D eigenvalue weighted by molar-refractivity contribution is 5.99. The molecule has 0 aromatic heterocycles. The first-order valence-electron chi connectivity index (χ1n) is 11.7. The van der Waals surface area contributed by atoms with Gasteiger partial charge in [-0.15, -0.1) is 0 Å². The Labute approximate surface area is 208 Å². The van der Waals surface area contributed by atoms with Crippen LogP contribution in [-0.4, -0.2) is 72.2 Å². The number of alkyl halides is 2. The van der Waals surface area contributed by atoms with Crippen molar-refractivity contribution < 1.29 is 27.6 Å². The Kier molecular flexibility index (Phi) is 8.73. The molecule has 0 bridgehead atoms. The lowest BCUT2D eigenvalue weighted by Gasteiger charge is -2.43. The number of amides is 3. The number of nitrogens with one attached hydrogen (secondary N) is 1. The molecule has 1 heterocycles. The van der Waals surface area contributed by atoms with Gasteiger partial charge in [0.15, 0.2) is 5.78 Å². The summed E-state index contributed by atoms with van der Waals surface area (Å²) in [6.07, 6.45) is -3.24. The molecule has 1 N–H and O–H groups in total. The van der Waals surface area contributed by atoms with Crippen molar-refractivity contribution in [2.45, 2.75) is 39.3 Å². The molecule has 0 spiro atoms. The molecule has 0 unspecified atom stereocenters. The van der Waals surface area contributed by atoms with E-state index < -0.39 is 30.5 Å². The summed E-state index contributed by atoms with van der Waals surface area (Å²) in [5, 5.41) is 1.81. The normalized spacial score (nSPS) is 14.6. The van der Waals surface area contributed by atoms with E-state index in [1.54, 1.807) is 29.2 Å². The Balaban J connectivity index is 1.75. The predicted molar refractivity (Wildman–Crippen MR) is 131 cm³/mol. The summed E-state index contributed by atoms with van der Waals surface area (Å²) in [5.74, 6) is -2.99. The lowest BCUT2D eigenvalue weighted by molar-refractivity contribution is -0.131. The highest BCUT2D eigenvalue weighted by atomic mass is 19.3. The highest BCUT2D eigenvalue weighted by Crippen LogP contribution is 2.23. The van der Waals surface area contributed by atoms with Crippen molar-refractivity contribution in [1.29, 1.82) is 0 Å². The number of benzene rings is 2. The van der Waals surface area contributed by atoms with Gasteiger partial charge in [-0.3, -0.25) is 19.4 Å². The number of carbonyl (C=O) groups is 3. The largest absolute Gasteiger partial charge is 0.344 e.